The van der Waals surface area contributed by atoms with Crippen LogP contribution in [0.2, 0.25) is 0 Å². The molecule has 3 aliphatic rings. The van der Waals surface area contributed by atoms with Gasteiger partial charge in [0.05, 0.1) is 37.7 Å². The number of carbonyl (C=O) groups is 1. The quantitative estimate of drug-likeness (QED) is 0.721. The first-order valence-electron chi connectivity index (χ1n) is 11.1. The molecule has 30 heavy (non-hydrogen) atoms. The third-order valence-electron chi connectivity index (χ3n) is 6.88. The Labute approximate surface area is 178 Å². The number of ether oxygens (including phenoxy) is 1. The van der Waals surface area contributed by atoms with E-state index < -0.39 is 15.6 Å². The van der Waals surface area contributed by atoms with Crippen molar-refractivity contribution in [3.8, 4) is 0 Å². The molecule has 10 heteroatoms. The number of amides is 1. The minimum Gasteiger partial charge on any atom is -0.365 e. The molecule has 4 rings (SSSR count). The summed E-state index contributed by atoms with van der Waals surface area (Å²) in [7, 11) is -3.30. The molecule has 1 atom stereocenters. The molecule has 1 aromatic heterocycles. The molecule has 9 nitrogen and oxygen atoms in total. The first kappa shape index (κ1) is 21.7. The van der Waals surface area contributed by atoms with Gasteiger partial charge in [0.1, 0.15) is 11.3 Å². The normalized spacial score (nSPS) is 26.1. The van der Waals surface area contributed by atoms with Gasteiger partial charge in [0, 0.05) is 12.0 Å². The summed E-state index contributed by atoms with van der Waals surface area (Å²) in [6.45, 7) is 6.23. The maximum Gasteiger partial charge on any atom is 0.228 e. The molecular weight excluding hydrogens is 406 g/mol. The number of rotatable bonds is 6. The fraction of sp³-hybridized carbons (Fsp3) is 0.850. The van der Waals surface area contributed by atoms with Crippen LogP contribution >= 0.6 is 0 Å². The largest absolute Gasteiger partial charge is 0.365 e. The summed E-state index contributed by atoms with van der Waals surface area (Å²) in [6.07, 6.45) is 6.78. The highest BCUT2D eigenvalue weighted by molar-refractivity contribution is 7.89. The van der Waals surface area contributed by atoms with Gasteiger partial charge in [-0.2, -0.15) is 0 Å². The topological polar surface area (TPSA) is 106 Å². The maximum absolute atomic E-state index is 13.2. The number of likely N-dealkylation sites (tertiary alicyclic amines) is 1. The molecule has 1 unspecified atom stereocenters. The van der Waals surface area contributed by atoms with E-state index in [2.05, 4.69) is 22.0 Å². The van der Waals surface area contributed by atoms with E-state index in [1.165, 1.54) is 6.42 Å². The first-order chi connectivity index (χ1) is 14.3. The number of nitrogens with one attached hydrogen (secondary N) is 1. The molecule has 1 saturated carbocycles. The van der Waals surface area contributed by atoms with Gasteiger partial charge in [0.25, 0.3) is 0 Å². The predicted octanol–water partition coefficient (Wildman–Crippen LogP) is 1.58. The van der Waals surface area contributed by atoms with Crippen molar-refractivity contribution in [1.82, 2.24) is 24.6 Å². The van der Waals surface area contributed by atoms with Crippen molar-refractivity contribution in [3.05, 3.63) is 11.4 Å². The lowest BCUT2D eigenvalue weighted by Gasteiger charge is -2.37. The number of hydrogen-bond donors (Lipinski definition) is 1. The van der Waals surface area contributed by atoms with Gasteiger partial charge in [-0.05, 0) is 25.7 Å². The molecular formula is C20H33N5O4S. The van der Waals surface area contributed by atoms with Gasteiger partial charge in [-0.1, -0.05) is 38.3 Å². The maximum atomic E-state index is 13.2. The van der Waals surface area contributed by atoms with Crippen LogP contribution in [0.15, 0.2) is 0 Å². The number of hydrogen-bond acceptors (Lipinski definition) is 6. The number of nitrogens with zero attached hydrogens (tertiary/aromatic N) is 4. The van der Waals surface area contributed by atoms with E-state index in [9.17, 15) is 13.2 Å². The van der Waals surface area contributed by atoms with Crippen LogP contribution < -0.4 is 4.72 Å². The van der Waals surface area contributed by atoms with Crippen molar-refractivity contribution in [3.63, 3.8) is 0 Å². The van der Waals surface area contributed by atoms with Crippen LogP contribution in [-0.2, 0) is 39.3 Å². The molecule has 168 valence electrons. The van der Waals surface area contributed by atoms with Gasteiger partial charge < -0.3 is 9.64 Å². The smallest absolute Gasteiger partial charge is 0.228 e. The molecule has 0 aromatic carbocycles. The Kier molecular flexibility index (Phi) is 5.93. The average Bonchev–Trinajstić information content (AvgIpc) is 3.30. The zero-order chi connectivity index (χ0) is 21.4. The van der Waals surface area contributed by atoms with E-state index in [-0.39, 0.29) is 23.6 Å². The van der Waals surface area contributed by atoms with E-state index in [1.807, 2.05) is 16.5 Å². The molecule has 1 amide bonds. The lowest BCUT2D eigenvalue weighted by Crippen LogP contribution is -2.48. The number of carbonyl (C=O) groups excluding carboxylic acids is 1. The van der Waals surface area contributed by atoms with E-state index >= 15 is 0 Å². The van der Waals surface area contributed by atoms with Crippen molar-refractivity contribution in [1.29, 1.82) is 0 Å². The second-order valence-corrected chi connectivity index (χ2v) is 11.3. The first-order valence-corrected chi connectivity index (χ1v) is 12.7. The fourth-order valence-corrected chi connectivity index (χ4v) is 6.08. The SMILES string of the molecule is CCCS(=O)(=O)NCc1nnn2c1COC1(CCN(C(=O)C3(C)CCCCC3)C1)C2. The van der Waals surface area contributed by atoms with Crippen LogP contribution in [0.25, 0.3) is 0 Å². The summed E-state index contributed by atoms with van der Waals surface area (Å²) in [4.78, 5) is 15.2. The molecule has 2 fully saturated rings. The lowest BCUT2D eigenvalue weighted by atomic mass is 9.74. The van der Waals surface area contributed by atoms with Gasteiger partial charge in [-0.15, -0.1) is 5.10 Å². The number of sulfonamides is 1. The van der Waals surface area contributed by atoms with Crippen molar-refractivity contribution in [2.75, 3.05) is 18.8 Å². The van der Waals surface area contributed by atoms with Gasteiger partial charge >= 0.3 is 0 Å². The summed E-state index contributed by atoms with van der Waals surface area (Å²) in [5.41, 5.74) is 0.745. The van der Waals surface area contributed by atoms with Crippen LogP contribution in [0.4, 0.5) is 0 Å². The summed E-state index contributed by atoms with van der Waals surface area (Å²) in [5.74, 6) is 0.358. The molecule has 0 bridgehead atoms. The minimum atomic E-state index is -3.30. The van der Waals surface area contributed by atoms with Gasteiger partial charge in [-0.25, -0.2) is 17.8 Å². The van der Waals surface area contributed by atoms with E-state index in [4.69, 9.17) is 4.74 Å². The molecule has 1 saturated heterocycles. The third-order valence-corrected chi connectivity index (χ3v) is 8.41. The Morgan fingerprint density at radius 2 is 1.97 bits per heavy atom. The molecule has 2 aliphatic heterocycles. The molecule has 0 radical (unpaired) electrons. The van der Waals surface area contributed by atoms with Crippen LogP contribution in [0.5, 0.6) is 0 Å². The van der Waals surface area contributed by atoms with Gasteiger partial charge in [-0.3, -0.25) is 4.79 Å². The molecule has 3 heterocycles. The van der Waals surface area contributed by atoms with Crippen molar-refractivity contribution in [2.24, 2.45) is 5.41 Å². The van der Waals surface area contributed by atoms with Crippen molar-refractivity contribution in [2.45, 2.75) is 84.1 Å². The summed E-state index contributed by atoms with van der Waals surface area (Å²) in [5, 5.41) is 8.42. The Bertz CT molecular complexity index is 893. The van der Waals surface area contributed by atoms with Crippen LogP contribution in [0.1, 0.15) is 70.2 Å². The third kappa shape index (κ3) is 4.27. The minimum absolute atomic E-state index is 0.0961. The summed E-state index contributed by atoms with van der Waals surface area (Å²) >= 11 is 0. The summed E-state index contributed by atoms with van der Waals surface area (Å²) < 4.78 is 34.5. The highest BCUT2D eigenvalue weighted by Crippen LogP contribution is 2.40. The number of fused-ring (bicyclic) bond motifs is 1. The zero-order valence-corrected chi connectivity index (χ0v) is 18.8. The van der Waals surface area contributed by atoms with Crippen LogP contribution in [-0.4, -0.2) is 58.7 Å². The monoisotopic (exact) mass is 439 g/mol. The lowest BCUT2D eigenvalue weighted by molar-refractivity contribution is -0.144. The second-order valence-electron chi connectivity index (χ2n) is 9.35. The molecule has 1 aromatic rings. The van der Waals surface area contributed by atoms with Crippen molar-refractivity contribution < 1.29 is 17.9 Å². The van der Waals surface area contributed by atoms with Gasteiger partial charge in [0.15, 0.2) is 0 Å². The number of aromatic nitrogens is 3. The van der Waals surface area contributed by atoms with Crippen molar-refractivity contribution >= 4 is 15.9 Å². The molecule has 1 spiro atoms. The van der Waals surface area contributed by atoms with Crippen LogP contribution in [0, 0.1) is 5.41 Å². The fourth-order valence-electron chi connectivity index (χ4n) is 5.04. The van der Waals surface area contributed by atoms with E-state index in [1.54, 1.807) is 0 Å². The molecule has 1 aliphatic carbocycles. The Morgan fingerprint density at radius 1 is 1.20 bits per heavy atom. The Hall–Kier alpha value is -1.52. The zero-order valence-electron chi connectivity index (χ0n) is 18.0. The van der Waals surface area contributed by atoms with Crippen LogP contribution in [0.3, 0.4) is 0 Å². The van der Waals surface area contributed by atoms with Gasteiger partial charge in [0.2, 0.25) is 15.9 Å². The average molecular weight is 440 g/mol. The summed E-state index contributed by atoms with van der Waals surface area (Å²) in [6, 6.07) is 0. The highest BCUT2D eigenvalue weighted by Gasteiger charge is 2.48. The second kappa shape index (κ2) is 8.20. The van der Waals surface area contributed by atoms with E-state index in [0.717, 1.165) is 37.8 Å². The Morgan fingerprint density at radius 3 is 2.70 bits per heavy atom. The standard InChI is InChI=1S/C20H33N5O4S/c1-3-11-30(27,28)21-12-16-17-13-29-20(15-25(17)23-22-16)9-10-24(14-20)18(26)19(2)7-5-4-6-8-19/h21H,3-15H2,1-2H3. The Balaban J connectivity index is 1.40. The predicted molar refractivity (Wildman–Crippen MR) is 111 cm³/mol. The van der Waals surface area contributed by atoms with E-state index in [0.29, 0.717) is 38.4 Å². The molecule has 1 N–H and O–H groups in total. The highest BCUT2D eigenvalue weighted by atomic mass is 32.2.